The van der Waals surface area contributed by atoms with Crippen LogP contribution < -0.4 is 10.3 Å². The van der Waals surface area contributed by atoms with E-state index in [2.05, 4.69) is 4.72 Å². The van der Waals surface area contributed by atoms with Crippen molar-refractivity contribution in [2.24, 2.45) is 7.05 Å². The number of hydrogen-bond acceptors (Lipinski definition) is 3. The molecular formula is C16H18N2O3S. The molecule has 0 saturated carbocycles. The average molecular weight is 318 g/mol. The molecular weight excluding hydrogens is 300 g/mol. The maximum atomic E-state index is 12.4. The van der Waals surface area contributed by atoms with Gasteiger partial charge in [0, 0.05) is 25.9 Å². The summed E-state index contributed by atoms with van der Waals surface area (Å²) in [5.74, 6) is 0. The summed E-state index contributed by atoms with van der Waals surface area (Å²) in [6.07, 6.45) is 4.69. The summed E-state index contributed by atoms with van der Waals surface area (Å²) >= 11 is 0. The van der Waals surface area contributed by atoms with Crippen LogP contribution in [-0.2, 0) is 36.5 Å². The summed E-state index contributed by atoms with van der Waals surface area (Å²) < 4.78 is 28.8. The average Bonchev–Trinajstić information content (AvgIpc) is 2.96. The molecule has 0 amide bonds. The van der Waals surface area contributed by atoms with Crippen LogP contribution in [-0.4, -0.2) is 13.0 Å². The summed E-state index contributed by atoms with van der Waals surface area (Å²) in [5.41, 5.74) is 3.00. The maximum absolute atomic E-state index is 12.4. The summed E-state index contributed by atoms with van der Waals surface area (Å²) in [4.78, 5) is 11.6. The Morgan fingerprint density at radius 2 is 1.91 bits per heavy atom. The number of sulfonamides is 1. The molecule has 1 aromatic carbocycles. The van der Waals surface area contributed by atoms with E-state index in [1.54, 1.807) is 31.4 Å². The van der Waals surface area contributed by atoms with Crippen molar-refractivity contribution in [1.82, 2.24) is 9.29 Å². The quantitative estimate of drug-likeness (QED) is 0.925. The number of aromatic nitrogens is 1. The molecule has 1 aliphatic carbocycles. The van der Waals surface area contributed by atoms with Crippen LogP contribution in [0.3, 0.4) is 0 Å². The number of rotatable bonds is 4. The first-order valence-corrected chi connectivity index (χ1v) is 8.71. The van der Waals surface area contributed by atoms with E-state index in [0.29, 0.717) is 4.90 Å². The molecule has 22 heavy (non-hydrogen) atoms. The van der Waals surface area contributed by atoms with Gasteiger partial charge >= 0.3 is 0 Å². The van der Waals surface area contributed by atoms with Crippen molar-refractivity contribution in [2.75, 3.05) is 0 Å². The Labute approximate surface area is 129 Å². The SMILES string of the molecule is Cn1cc(CNS(=O)(=O)c2ccc3c(c2)CCC3)ccc1=O. The normalized spacial score (nSPS) is 14.0. The van der Waals surface area contributed by atoms with Crippen LogP contribution >= 0.6 is 0 Å². The molecule has 1 N–H and O–H groups in total. The van der Waals surface area contributed by atoms with Crippen molar-refractivity contribution in [1.29, 1.82) is 0 Å². The summed E-state index contributed by atoms with van der Waals surface area (Å²) in [7, 11) is -1.90. The monoisotopic (exact) mass is 318 g/mol. The fourth-order valence-corrected chi connectivity index (χ4v) is 3.80. The van der Waals surface area contributed by atoms with E-state index in [1.165, 1.54) is 16.2 Å². The van der Waals surface area contributed by atoms with Crippen molar-refractivity contribution in [3.05, 3.63) is 63.6 Å². The molecule has 2 aromatic rings. The zero-order valence-corrected chi connectivity index (χ0v) is 13.2. The van der Waals surface area contributed by atoms with E-state index in [4.69, 9.17) is 0 Å². The van der Waals surface area contributed by atoms with Crippen LogP contribution in [0.25, 0.3) is 0 Å². The van der Waals surface area contributed by atoms with Crippen molar-refractivity contribution >= 4 is 10.0 Å². The summed E-state index contributed by atoms with van der Waals surface area (Å²) in [5, 5.41) is 0. The lowest BCUT2D eigenvalue weighted by Crippen LogP contribution is -2.24. The number of aryl methyl sites for hydroxylation is 3. The van der Waals surface area contributed by atoms with Gasteiger partial charge in [0.2, 0.25) is 15.6 Å². The fourth-order valence-electron chi connectivity index (χ4n) is 2.73. The summed E-state index contributed by atoms with van der Waals surface area (Å²) in [6.45, 7) is 0.160. The van der Waals surface area contributed by atoms with Gasteiger partial charge in [-0.1, -0.05) is 12.1 Å². The van der Waals surface area contributed by atoms with Gasteiger partial charge in [0.05, 0.1) is 4.90 Å². The molecule has 0 unspecified atom stereocenters. The minimum Gasteiger partial charge on any atom is -0.318 e. The lowest BCUT2D eigenvalue weighted by molar-refractivity contribution is 0.581. The zero-order chi connectivity index (χ0) is 15.7. The first-order chi connectivity index (χ1) is 10.5. The van der Waals surface area contributed by atoms with Crippen molar-refractivity contribution < 1.29 is 8.42 Å². The van der Waals surface area contributed by atoms with Crippen LogP contribution in [0.15, 0.2) is 46.2 Å². The van der Waals surface area contributed by atoms with Crippen LogP contribution in [0.5, 0.6) is 0 Å². The molecule has 0 bridgehead atoms. The maximum Gasteiger partial charge on any atom is 0.250 e. The van der Waals surface area contributed by atoms with E-state index in [9.17, 15) is 13.2 Å². The van der Waals surface area contributed by atoms with Gasteiger partial charge in [-0.05, 0) is 48.1 Å². The third kappa shape index (κ3) is 2.98. The number of fused-ring (bicyclic) bond motifs is 1. The van der Waals surface area contributed by atoms with Gasteiger partial charge in [0.15, 0.2) is 0 Å². The van der Waals surface area contributed by atoms with E-state index in [0.717, 1.165) is 30.4 Å². The second-order valence-electron chi connectivity index (χ2n) is 5.60. The highest BCUT2D eigenvalue weighted by Crippen LogP contribution is 2.24. The minimum atomic E-state index is -3.54. The van der Waals surface area contributed by atoms with Gasteiger partial charge in [-0.15, -0.1) is 0 Å². The van der Waals surface area contributed by atoms with Gasteiger partial charge in [-0.25, -0.2) is 13.1 Å². The van der Waals surface area contributed by atoms with Crippen molar-refractivity contribution in [2.45, 2.75) is 30.7 Å². The topological polar surface area (TPSA) is 68.2 Å². The lowest BCUT2D eigenvalue weighted by atomic mass is 10.1. The molecule has 0 aliphatic heterocycles. The predicted octanol–water partition coefficient (Wildman–Crippen LogP) is 1.35. The van der Waals surface area contributed by atoms with Crippen molar-refractivity contribution in [3.63, 3.8) is 0 Å². The molecule has 0 atom stereocenters. The highest BCUT2D eigenvalue weighted by Gasteiger charge is 2.18. The molecule has 1 aromatic heterocycles. The third-order valence-electron chi connectivity index (χ3n) is 3.99. The van der Waals surface area contributed by atoms with E-state index < -0.39 is 10.0 Å². The number of pyridine rings is 1. The Bertz CT molecular complexity index is 869. The van der Waals surface area contributed by atoms with Gasteiger partial charge < -0.3 is 4.57 Å². The van der Waals surface area contributed by atoms with E-state index in [-0.39, 0.29) is 12.1 Å². The molecule has 0 fully saturated rings. The Balaban J connectivity index is 1.78. The standard InChI is InChI=1S/C16H18N2O3S/c1-18-11-12(5-8-16(18)19)10-17-22(20,21)15-7-6-13-3-2-4-14(13)9-15/h5-9,11,17H,2-4,10H2,1H3. The highest BCUT2D eigenvalue weighted by atomic mass is 32.2. The zero-order valence-electron chi connectivity index (χ0n) is 12.4. The van der Waals surface area contributed by atoms with Gasteiger partial charge in [-0.3, -0.25) is 4.79 Å². The lowest BCUT2D eigenvalue weighted by Gasteiger charge is -2.09. The van der Waals surface area contributed by atoms with Crippen molar-refractivity contribution in [3.8, 4) is 0 Å². The number of benzene rings is 1. The van der Waals surface area contributed by atoms with Crippen LogP contribution in [0.2, 0.25) is 0 Å². The summed E-state index contributed by atoms with van der Waals surface area (Å²) in [6, 6.07) is 8.40. The van der Waals surface area contributed by atoms with E-state index >= 15 is 0 Å². The molecule has 1 aliphatic rings. The Kier molecular flexibility index (Phi) is 3.88. The fraction of sp³-hybridized carbons (Fsp3) is 0.312. The highest BCUT2D eigenvalue weighted by molar-refractivity contribution is 7.89. The molecule has 0 spiro atoms. The van der Waals surface area contributed by atoms with Crippen LogP contribution in [0, 0.1) is 0 Å². The molecule has 5 nitrogen and oxygen atoms in total. The van der Waals surface area contributed by atoms with Gasteiger partial charge in [-0.2, -0.15) is 0 Å². The first-order valence-electron chi connectivity index (χ1n) is 7.23. The predicted molar refractivity (Wildman–Crippen MR) is 84.2 cm³/mol. The molecule has 6 heteroatoms. The number of nitrogens with zero attached hydrogens (tertiary/aromatic N) is 1. The second-order valence-corrected chi connectivity index (χ2v) is 7.36. The molecule has 116 valence electrons. The largest absolute Gasteiger partial charge is 0.318 e. The number of nitrogens with one attached hydrogen (secondary N) is 1. The first kappa shape index (κ1) is 15.0. The molecule has 3 rings (SSSR count). The third-order valence-corrected chi connectivity index (χ3v) is 5.39. The molecule has 0 radical (unpaired) electrons. The molecule has 1 heterocycles. The molecule has 0 saturated heterocycles. The minimum absolute atomic E-state index is 0.120. The Morgan fingerprint density at radius 3 is 2.68 bits per heavy atom. The van der Waals surface area contributed by atoms with Crippen LogP contribution in [0.1, 0.15) is 23.1 Å². The van der Waals surface area contributed by atoms with Gasteiger partial charge in [0.25, 0.3) is 0 Å². The Hall–Kier alpha value is -1.92. The smallest absolute Gasteiger partial charge is 0.250 e. The second kappa shape index (κ2) is 5.70. The van der Waals surface area contributed by atoms with E-state index in [1.807, 2.05) is 6.07 Å². The van der Waals surface area contributed by atoms with Gasteiger partial charge in [0.1, 0.15) is 0 Å². The Morgan fingerprint density at radius 1 is 1.14 bits per heavy atom. The van der Waals surface area contributed by atoms with Crippen LogP contribution in [0.4, 0.5) is 0 Å². The number of hydrogen-bond donors (Lipinski definition) is 1.